The van der Waals surface area contributed by atoms with E-state index in [2.05, 4.69) is 34.5 Å². The zero-order chi connectivity index (χ0) is 18.8. The third kappa shape index (κ3) is 3.82. The Morgan fingerprint density at radius 1 is 1.35 bits per heavy atom. The van der Waals surface area contributed by atoms with Gasteiger partial charge in [0.25, 0.3) is 0 Å². The Labute approximate surface area is 165 Å². The van der Waals surface area contributed by atoms with E-state index in [1.54, 1.807) is 40.5 Å². The van der Waals surface area contributed by atoms with Crippen molar-refractivity contribution < 1.29 is 4.79 Å². The number of nitrogens with zero attached hydrogens (tertiary/aromatic N) is 5. The highest BCUT2D eigenvalue weighted by Crippen LogP contribution is 2.28. The summed E-state index contributed by atoms with van der Waals surface area (Å²) in [6.07, 6.45) is 4.27. The molecule has 0 bridgehead atoms. The number of hydrogen-bond donors (Lipinski definition) is 1. The maximum absolute atomic E-state index is 12.6. The summed E-state index contributed by atoms with van der Waals surface area (Å²) in [7, 11) is 0. The van der Waals surface area contributed by atoms with Gasteiger partial charge in [0.15, 0.2) is 10.8 Å². The number of fused-ring (bicyclic) bond motifs is 1. The standard InChI is InChI=1S/C16H18Cl2N6OS/c1-4-9(2)24-13(5-6-19-24)20-15(25)10(3)26-16-22-21-14-12(18)7-11(17)8-23(14)16/h5-10H,4H2,1-3H3,(H,20,25)/t9-,10+/m0/s1. The van der Waals surface area contributed by atoms with Crippen molar-refractivity contribution in [2.75, 3.05) is 5.32 Å². The van der Waals surface area contributed by atoms with Gasteiger partial charge in [0.1, 0.15) is 5.82 Å². The van der Waals surface area contributed by atoms with E-state index in [1.165, 1.54) is 11.8 Å². The van der Waals surface area contributed by atoms with Gasteiger partial charge in [-0.05, 0) is 26.3 Å². The van der Waals surface area contributed by atoms with Crippen LogP contribution in [0.15, 0.2) is 29.7 Å². The van der Waals surface area contributed by atoms with Crippen LogP contribution in [0.5, 0.6) is 0 Å². The number of aromatic nitrogens is 5. The number of carbonyl (C=O) groups excluding carboxylic acids is 1. The zero-order valence-corrected chi connectivity index (χ0v) is 16.8. The van der Waals surface area contributed by atoms with E-state index in [0.717, 1.165) is 6.42 Å². The van der Waals surface area contributed by atoms with Crippen LogP contribution >= 0.6 is 35.0 Å². The predicted molar refractivity (Wildman–Crippen MR) is 104 cm³/mol. The number of carbonyl (C=O) groups is 1. The molecular formula is C16H18Cl2N6OS. The molecule has 3 aromatic rings. The van der Waals surface area contributed by atoms with Gasteiger partial charge in [-0.15, -0.1) is 10.2 Å². The van der Waals surface area contributed by atoms with E-state index in [-0.39, 0.29) is 11.9 Å². The number of amides is 1. The summed E-state index contributed by atoms with van der Waals surface area (Å²) in [5.41, 5.74) is 0.501. The van der Waals surface area contributed by atoms with Crippen LogP contribution in [0.1, 0.15) is 33.2 Å². The highest BCUT2D eigenvalue weighted by Gasteiger charge is 2.21. The van der Waals surface area contributed by atoms with Gasteiger partial charge in [-0.25, -0.2) is 4.68 Å². The smallest absolute Gasteiger partial charge is 0.238 e. The highest BCUT2D eigenvalue weighted by atomic mass is 35.5. The molecule has 0 aliphatic carbocycles. The minimum atomic E-state index is -0.402. The van der Waals surface area contributed by atoms with Crippen molar-refractivity contribution >= 4 is 52.3 Å². The number of thioether (sulfide) groups is 1. The summed E-state index contributed by atoms with van der Waals surface area (Å²) in [5, 5.41) is 16.4. The Morgan fingerprint density at radius 2 is 2.12 bits per heavy atom. The van der Waals surface area contributed by atoms with Gasteiger partial charge >= 0.3 is 0 Å². The SMILES string of the molecule is CC[C@H](C)n1nccc1NC(=O)[C@@H](C)Sc1nnc2c(Cl)cc(Cl)cn12. The second-order valence-corrected chi connectivity index (χ2v) is 8.00. The largest absolute Gasteiger partial charge is 0.310 e. The van der Waals surface area contributed by atoms with Gasteiger partial charge in [-0.3, -0.25) is 9.20 Å². The van der Waals surface area contributed by atoms with Gasteiger partial charge in [0, 0.05) is 12.3 Å². The minimum Gasteiger partial charge on any atom is -0.310 e. The van der Waals surface area contributed by atoms with Crippen molar-refractivity contribution in [1.29, 1.82) is 0 Å². The Balaban J connectivity index is 1.75. The van der Waals surface area contributed by atoms with Crippen LogP contribution in [-0.4, -0.2) is 35.5 Å². The number of hydrogen-bond acceptors (Lipinski definition) is 5. The lowest BCUT2D eigenvalue weighted by atomic mass is 10.3. The Bertz CT molecular complexity index is 940. The van der Waals surface area contributed by atoms with Crippen molar-refractivity contribution in [2.45, 2.75) is 43.6 Å². The lowest BCUT2D eigenvalue weighted by molar-refractivity contribution is -0.115. The van der Waals surface area contributed by atoms with Gasteiger partial charge < -0.3 is 5.32 Å². The molecule has 26 heavy (non-hydrogen) atoms. The van der Waals surface area contributed by atoms with Gasteiger partial charge in [-0.1, -0.05) is 41.9 Å². The fourth-order valence-electron chi connectivity index (χ4n) is 2.36. The molecule has 0 aliphatic rings. The fourth-order valence-corrected chi connectivity index (χ4v) is 3.69. The first-order valence-corrected chi connectivity index (χ1v) is 9.75. The lowest BCUT2D eigenvalue weighted by Gasteiger charge is -2.16. The molecule has 1 amide bonds. The van der Waals surface area contributed by atoms with E-state index >= 15 is 0 Å². The number of nitrogens with one attached hydrogen (secondary N) is 1. The quantitative estimate of drug-likeness (QED) is 0.609. The topological polar surface area (TPSA) is 77.1 Å². The number of anilines is 1. The zero-order valence-electron chi connectivity index (χ0n) is 14.5. The van der Waals surface area contributed by atoms with E-state index < -0.39 is 5.25 Å². The molecule has 0 aromatic carbocycles. The monoisotopic (exact) mass is 412 g/mol. The van der Waals surface area contributed by atoms with Crippen molar-refractivity contribution in [3.8, 4) is 0 Å². The maximum atomic E-state index is 12.6. The molecule has 3 aromatic heterocycles. The molecule has 0 spiro atoms. The molecular weight excluding hydrogens is 395 g/mol. The third-order valence-corrected chi connectivity index (χ3v) is 5.52. The maximum Gasteiger partial charge on any atom is 0.238 e. The first kappa shape index (κ1) is 19.0. The van der Waals surface area contributed by atoms with Gasteiger partial charge in [-0.2, -0.15) is 5.10 Å². The first-order valence-electron chi connectivity index (χ1n) is 8.11. The Hall–Kier alpha value is -1.77. The number of halogens is 2. The summed E-state index contributed by atoms with van der Waals surface area (Å²) >= 11 is 13.5. The molecule has 3 heterocycles. The summed E-state index contributed by atoms with van der Waals surface area (Å²) in [5.74, 6) is 0.527. The minimum absolute atomic E-state index is 0.148. The second-order valence-electron chi connectivity index (χ2n) is 5.85. The van der Waals surface area contributed by atoms with Gasteiger partial charge in [0.2, 0.25) is 5.91 Å². The molecule has 0 saturated heterocycles. The van der Waals surface area contributed by atoms with Crippen LogP contribution in [0.3, 0.4) is 0 Å². The van der Waals surface area contributed by atoms with Crippen LogP contribution in [0.25, 0.3) is 5.65 Å². The Kier molecular flexibility index (Phi) is 5.74. The molecule has 1 N–H and O–H groups in total. The van der Waals surface area contributed by atoms with Crippen molar-refractivity contribution in [2.24, 2.45) is 0 Å². The van der Waals surface area contributed by atoms with Crippen LogP contribution in [0, 0.1) is 0 Å². The summed E-state index contributed by atoms with van der Waals surface area (Å²) in [4.78, 5) is 12.6. The van der Waals surface area contributed by atoms with Crippen LogP contribution in [-0.2, 0) is 4.79 Å². The summed E-state index contributed by atoms with van der Waals surface area (Å²) in [6, 6.07) is 3.59. The summed E-state index contributed by atoms with van der Waals surface area (Å²) < 4.78 is 3.49. The van der Waals surface area contributed by atoms with Crippen molar-refractivity contribution in [3.63, 3.8) is 0 Å². The number of rotatable bonds is 6. The Morgan fingerprint density at radius 3 is 2.85 bits per heavy atom. The van der Waals surface area contributed by atoms with Crippen LogP contribution in [0.4, 0.5) is 5.82 Å². The molecule has 2 atom stereocenters. The molecule has 0 aliphatic heterocycles. The molecule has 0 saturated carbocycles. The summed E-state index contributed by atoms with van der Waals surface area (Å²) in [6.45, 7) is 5.93. The third-order valence-electron chi connectivity index (χ3n) is 3.98. The van der Waals surface area contributed by atoms with Crippen LogP contribution < -0.4 is 5.32 Å². The lowest BCUT2D eigenvalue weighted by Crippen LogP contribution is -2.25. The van der Waals surface area contributed by atoms with E-state index in [9.17, 15) is 4.79 Å². The normalized spacial score (nSPS) is 13.7. The predicted octanol–water partition coefficient (Wildman–Crippen LogP) is 4.32. The molecule has 0 fully saturated rings. The molecule has 138 valence electrons. The molecule has 3 rings (SSSR count). The number of pyridine rings is 1. The van der Waals surface area contributed by atoms with E-state index in [4.69, 9.17) is 23.2 Å². The van der Waals surface area contributed by atoms with Crippen molar-refractivity contribution in [1.82, 2.24) is 24.4 Å². The first-order chi connectivity index (χ1) is 12.4. The van der Waals surface area contributed by atoms with Crippen LogP contribution in [0.2, 0.25) is 10.0 Å². The van der Waals surface area contributed by atoms with Crippen molar-refractivity contribution in [3.05, 3.63) is 34.6 Å². The van der Waals surface area contributed by atoms with Gasteiger partial charge in [0.05, 0.1) is 27.5 Å². The average molecular weight is 413 g/mol. The average Bonchev–Trinajstić information content (AvgIpc) is 3.21. The molecule has 10 heteroatoms. The molecule has 7 nitrogen and oxygen atoms in total. The highest BCUT2D eigenvalue weighted by molar-refractivity contribution is 8.00. The van der Waals surface area contributed by atoms with E-state index in [0.29, 0.717) is 26.7 Å². The van der Waals surface area contributed by atoms with E-state index in [1.807, 2.05) is 0 Å². The molecule has 0 radical (unpaired) electrons. The second kappa shape index (κ2) is 7.85. The fraction of sp³-hybridized carbons (Fsp3) is 0.375. The molecule has 0 unspecified atom stereocenters.